The molecule has 3 rings (SSSR count). The Hall–Kier alpha value is -2.37. The van der Waals surface area contributed by atoms with Gasteiger partial charge in [0.25, 0.3) is 5.91 Å². The van der Waals surface area contributed by atoms with Crippen molar-refractivity contribution in [3.8, 4) is 0 Å². The van der Waals surface area contributed by atoms with E-state index in [9.17, 15) is 9.59 Å². The summed E-state index contributed by atoms with van der Waals surface area (Å²) in [5, 5.41) is 7.92. The maximum Gasteiger partial charge on any atom is 0.280 e. The number of hydrogen-bond acceptors (Lipinski definition) is 3. The molecule has 0 aliphatic heterocycles. The second kappa shape index (κ2) is 6.02. The van der Waals surface area contributed by atoms with Crippen LogP contribution in [-0.2, 0) is 7.05 Å². The Morgan fingerprint density at radius 1 is 1.13 bits per heavy atom. The number of hydrogen-bond donors (Lipinski definition) is 1. The Morgan fingerprint density at radius 3 is 2.61 bits per heavy atom. The smallest absolute Gasteiger partial charge is 0.280 e. The van der Waals surface area contributed by atoms with Crippen LogP contribution in [0, 0.1) is 0 Å². The lowest BCUT2D eigenvalue weighted by Gasteiger charge is -2.09. The molecule has 0 atom stereocenters. The monoisotopic (exact) mass is 347 g/mol. The minimum atomic E-state index is -0.602. The van der Waals surface area contributed by atoms with Crippen LogP contribution >= 0.6 is 23.2 Å². The Balaban J connectivity index is 2.07. The first-order valence-corrected chi connectivity index (χ1v) is 7.45. The van der Waals surface area contributed by atoms with E-state index in [1.807, 2.05) is 0 Å². The van der Waals surface area contributed by atoms with Crippen LogP contribution < -0.4 is 10.7 Å². The van der Waals surface area contributed by atoms with Gasteiger partial charge in [-0.3, -0.25) is 14.3 Å². The van der Waals surface area contributed by atoms with Crippen molar-refractivity contribution in [1.82, 2.24) is 9.78 Å². The molecule has 7 heteroatoms. The van der Waals surface area contributed by atoms with Gasteiger partial charge in [-0.2, -0.15) is 5.10 Å². The average molecular weight is 348 g/mol. The molecule has 0 saturated carbocycles. The highest BCUT2D eigenvalue weighted by molar-refractivity contribution is 6.31. The molecular weight excluding hydrogens is 337 g/mol. The third kappa shape index (κ3) is 3.06. The van der Waals surface area contributed by atoms with Crippen molar-refractivity contribution in [2.45, 2.75) is 0 Å². The summed E-state index contributed by atoms with van der Waals surface area (Å²) >= 11 is 11.8. The standard InChI is InChI=1S/C16H11Cl2N3O2/c1-21-13-6-5-10(18)8-12(13)15(22)14(20-21)16(23)19-11-4-2-3-9(17)7-11/h2-8H,1H3,(H,19,23). The molecule has 5 nitrogen and oxygen atoms in total. The van der Waals surface area contributed by atoms with Gasteiger partial charge in [0, 0.05) is 22.8 Å². The van der Waals surface area contributed by atoms with E-state index in [4.69, 9.17) is 23.2 Å². The number of fused-ring (bicyclic) bond motifs is 1. The number of carbonyl (C=O) groups excluding carboxylic acids is 1. The van der Waals surface area contributed by atoms with Crippen molar-refractivity contribution >= 4 is 45.7 Å². The summed E-state index contributed by atoms with van der Waals surface area (Å²) in [6.07, 6.45) is 0. The summed E-state index contributed by atoms with van der Waals surface area (Å²) in [6.45, 7) is 0. The van der Waals surface area contributed by atoms with Gasteiger partial charge in [-0.15, -0.1) is 0 Å². The Labute approximate surface area is 141 Å². The number of aromatic nitrogens is 2. The number of aryl methyl sites for hydroxylation is 1. The Morgan fingerprint density at radius 2 is 1.87 bits per heavy atom. The summed E-state index contributed by atoms with van der Waals surface area (Å²) in [7, 11) is 1.66. The fourth-order valence-corrected chi connectivity index (χ4v) is 2.62. The molecule has 2 aromatic carbocycles. The van der Waals surface area contributed by atoms with E-state index < -0.39 is 11.3 Å². The van der Waals surface area contributed by atoms with E-state index in [-0.39, 0.29) is 5.69 Å². The number of halogens is 2. The molecule has 0 radical (unpaired) electrons. The third-order valence-electron chi connectivity index (χ3n) is 3.31. The molecule has 0 fully saturated rings. The predicted octanol–water partition coefficient (Wildman–Crippen LogP) is 3.49. The summed E-state index contributed by atoms with van der Waals surface area (Å²) in [5.41, 5.74) is 0.401. The molecule has 1 amide bonds. The molecule has 0 saturated heterocycles. The summed E-state index contributed by atoms with van der Waals surface area (Å²) in [5.74, 6) is -0.602. The fraction of sp³-hybridized carbons (Fsp3) is 0.0625. The van der Waals surface area contributed by atoms with Crippen LogP contribution in [0.25, 0.3) is 10.9 Å². The molecular formula is C16H11Cl2N3O2. The van der Waals surface area contributed by atoms with Gasteiger partial charge >= 0.3 is 0 Å². The highest BCUT2D eigenvalue weighted by atomic mass is 35.5. The maximum atomic E-state index is 12.5. The van der Waals surface area contributed by atoms with Gasteiger partial charge in [0.15, 0.2) is 5.69 Å². The van der Waals surface area contributed by atoms with Crippen molar-refractivity contribution in [1.29, 1.82) is 0 Å². The quantitative estimate of drug-likeness (QED) is 0.771. The zero-order chi connectivity index (χ0) is 16.6. The Kier molecular flexibility index (Phi) is 4.07. The Bertz CT molecular complexity index is 983. The average Bonchev–Trinajstić information content (AvgIpc) is 2.50. The van der Waals surface area contributed by atoms with Gasteiger partial charge < -0.3 is 5.32 Å². The van der Waals surface area contributed by atoms with Gasteiger partial charge in [-0.25, -0.2) is 0 Å². The number of nitrogens with one attached hydrogen (secondary N) is 1. The van der Waals surface area contributed by atoms with Crippen LogP contribution in [0.3, 0.4) is 0 Å². The van der Waals surface area contributed by atoms with Gasteiger partial charge in [0.1, 0.15) is 0 Å². The van der Waals surface area contributed by atoms with E-state index >= 15 is 0 Å². The molecule has 1 N–H and O–H groups in total. The van der Waals surface area contributed by atoms with E-state index in [1.165, 1.54) is 10.7 Å². The lowest BCUT2D eigenvalue weighted by atomic mass is 10.2. The van der Waals surface area contributed by atoms with Crippen LogP contribution in [0.5, 0.6) is 0 Å². The van der Waals surface area contributed by atoms with Gasteiger partial charge in [0.2, 0.25) is 5.43 Å². The van der Waals surface area contributed by atoms with Gasteiger partial charge in [-0.05, 0) is 36.4 Å². The minimum Gasteiger partial charge on any atom is -0.320 e. The van der Waals surface area contributed by atoms with Crippen LogP contribution in [-0.4, -0.2) is 15.7 Å². The molecule has 0 aliphatic rings. The zero-order valence-corrected chi connectivity index (χ0v) is 13.5. The first-order valence-electron chi connectivity index (χ1n) is 6.69. The predicted molar refractivity (Wildman–Crippen MR) is 91.4 cm³/mol. The summed E-state index contributed by atoms with van der Waals surface area (Å²) in [6, 6.07) is 11.5. The van der Waals surface area contributed by atoms with Crippen molar-refractivity contribution < 1.29 is 4.79 Å². The largest absolute Gasteiger partial charge is 0.320 e. The zero-order valence-electron chi connectivity index (χ0n) is 12.0. The van der Waals surface area contributed by atoms with Crippen molar-refractivity contribution in [2.24, 2.45) is 7.05 Å². The fourth-order valence-electron chi connectivity index (χ4n) is 2.25. The normalized spacial score (nSPS) is 10.7. The molecule has 23 heavy (non-hydrogen) atoms. The van der Waals surface area contributed by atoms with Crippen LogP contribution in [0.1, 0.15) is 10.5 Å². The lowest BCUT2D eigenvalue weighted by molar-refractivity contribution is 0.101. The molecule has 0 bridgehead atoms. The third-order valence-corrected chi connectivity index (χ3v) is 3.78. The van der Waals surface area contributed by atoms with Crippen LogP contribution in [0.2, 0.25) is 10.0 Å². The summed E-state index contributed by atoms with van der Waals surface area (Å²) < 4.78 is 1.47. The lowest BCUT2D eigenvalue weighted by Crippen LogP contribution is -2.26. The van der Waals surface area contributed by atoms with E-state index in [0.29, 0.717) is 26.6 Å². The molecule has 0 unspecified atom stereocenters. The topological polar surface area (TPSA) is 64.0 Å². The number of amides is 1. The van der Waals surface area contributed by atoms with E-state index in [1.54, 1.807) is 43.4 Å². The van der Waals surface area contributed by atoms with Crippen LogP contribution in [0.15, 0.2) is 47.3 Å². The highest BCUT2D eigenvalue weighted by Gasteiger charge is 2.17. The summed E-state index contributed by atoms with van der Waals surface area (Å²) in [4.78, 5) is 24.9. The molecule has 116 valence electrons. The van der Waals surface area contributed by atoms with Crippen molar-refractivity contribution in [3.63, 3.8) is 0 Å². The van der Waals surface area contributed by atoms with Crippen molar-refractivity contribution in [2.75, 3.05) is 5.32 Å². The molecule has 1 aromatic heterocycles. The first kappa shape index (κ1) is 15.5. The van der Waals surface area contributed by atoms with Crippen molar-refractivity contribution in [3.05, 3.63) is 68.4 Å². The minimum absolute atomic E-state index is 0.206. The van der Waals surface area contributed by atoms with E-state index in [2.05, 4.69) is 10.4 Å². The molecule has 0 spiro atoms. The second-order valence-corrected chi connectivity index (χ2v) is 5.80. The highest BCUT2D eigenvalue weighted by Crippen LogP contribution is 2.17. The number of carbonyl (C=O) groups is 1. The first-order chi connectivity index (χ1) is 11.0. The number of benzene rings is 2. The van der Waals surface area contributed by atoms with Gasteiger partial charge in [-0.1, -0.05) is 29.3 Å². The second-order valence-electron chi connectivity index (χ2n) is 4.93. The molecule has 1 heterocycles. The molecule has 0 aliphatic carbocycles. The number of anilines is 1. The van der Waals surface area contributed by atoms with Crippen LogP contribution in [0.4, 0.5) is 5.69 Å². The number of nitrogens with zero attached hydrogens (tertiary/aromatic N) is 2. The maximum absolute atomic E-state index is 12.5. The number of rotatable bonds is 2. The van der Waals surface area contributed by atoms with Gasteiger partial charge in [0.05, 0.1) is 10.9 Å². The van der Waals surface area contributed by atoms with E-state index in [0.717, 1.165) is 0 Å². The SMILES string of the molecule is Cn1nc(C(=O)Nc2cccc(Cl)c2)c(=O)c2cc(Cl)ccc21. The molecule has 3 aromatic rings.